The first-order valence-corrected chi connectivity index (χ1v) is 10.9. The topological polar surface area (TPSA) is 71.7 Å². The molecule has 2 aromatic heterocycles. The number of likely N-dealkylation sites (tertiary alicyclic amines) is 2. The number of hydrogen-bond acceptors (Lipinski definition) is 7. The molecule has 2 atom stereocenters. The predicted octanol–water partition coefficient (Wildman–Crippen LogP) is 1.87. The van der Waals surface area contributed by atoms with Crippen LogP contribution in [0.25, 0.3) is 0 Å². The number of aryl methyl sites for hydroxylation is 1. The van der Waals surface area contributed by atoms with E-state index in [0.717, 1.165) is 50.6 Å². The number of ether oxygens (including phenoxy) is 1. The highest BCUT2D eigenvalue weighted by Crippen LogP contribution is 2.45. The van der Waals surface area contributed by atoms with Gasteiger partial charge in [-0.05, 0) is 31.2 Å². The lowest BCUT2D eigenvalue weighted by atomic mass is 9.81. The number of thiophene rings is 1. The fraction of sp³-hybridized carbons (Fsp3) is 0.650. The first-order valence-electron chi connectivity index (χ1n) is 10.1. The minimum absolute atomic E-state index is 0.199. The molecule has 150 valence electrons. The Balaban J connectivity index is 1.37. The third-order valence-electron chi connectivity index (χ3n) is 6.55. The Morgan fingerprint density at radius 1 is 1.32 bits per heavy atom. The van der Waals surface area contributed by atoms with Gasteiger partial charge in [0.2, 0.25) is 11.8 Å². The number of rotatable bonds is 4. The van der Waals surface area contributed by atoms with Gasteiger partial charge in [0.15, 0.2) is 5.82 Å². The highest BCUT2D eigenvalue weighted by Gasteiger charge is 2.58. The monoisotopic (exact) mass is 402 g/mol. The lowest BCUT2D eigenvalue weighted by Crippen LogP contribution is -2.44. The summed E-state index contributed by atoms with van der Waals surface area (Å²) >= 11 is 1.64. The standard InChI is InChI=1S/C20H26N4O3S/c1-14-21-19(27-22-14)20-12-23(16-4-6-26-7-5-16)10-15(20)11-24(13-20)18(25)9-17-3-2-8-28-17/h2-3,8,15-16H,4-7,9-13H2,1H3/t15-,20-/m1/s1. The number of fused-ring (bicyclic) bond motifs is 1. The quantitative estimate of drug-likeness (QED) is 0.778. The molecule has 0 bridgehead atoms. The summed E-state index contributed by atoms with van der Waals surface area (Å²) in [6, 6.07) is 4.58. The SMILES string of the molecule is Cc1noc([C@]23CN(C(=O)Cc4cccs4)C[C@H]2CN(C2CCOCC2)C3)n1. The average molecular weight is 403 g/mol. The van der Waals surface area contributed by atoms with Crippen molar-refractivity contribution in [1.29, 1.82) is 0 Å². The highest BCUT2D eigenvalue weighted by atomic mass is 32.1. The molecule has 3 fully saturated rings. The molecule has 8 heteroatoms. The van der Waals surface area contributed by atoms with E-state index in [9.17, 15) is 4.79 Å². The van der Waals surface area contributed by atoms with Crippen molar-refractivity contribution in [1.82, 2.24) is 19.9 Å². The van der Waals surface area contributed by atoms with Crippen molar-refractivity contribution in [2.75, 3.05) is 39.4 Å². The zero-order valence-electron chi connectivity index (χ0n) is 16.2. The van der Waals surface area contributed by atoms with Crippen LogP contribution in [0.2, 0.25) is 0 Å². The molecule has 3 saturated heterocycles. The minimum Gasteiger partial charge on any atom is -0.381 e. The van der Waals surface area contributed by atoms with Crippen molar-refractivity contribution < 1.29 is 14.1 Å². The van der Waals surface area contributed by atoms with E-state index in [-0.39, 0.29) is 11.3 Å². The molecular weight excluding hydrogens is 376 g/mol. The fourth-order valence-corrected chi connectivity index (χ4v) is 5.79. The number of aromatic nitrogens is 2. The summed E-state index contributed by atoms with van der Waals surface area (Å²) in [6.07, 6.45) is 2.63. The van der Waals surface area contributed by atoms with Crippen molar-refractivity contribution in [2.45, 2.75) is 37.6 Å². The van der Waals surface area contributed by atoms with E-state index >= 15 is 0 Å². The lowest BCUT2D eigenvalue weighted by molar-refractivity contribution is -0.129. The maximum absolute atomic E-state index is 12.9. The maximum Gasteiger partial charge on any atom is 0.236 e. The molecule has 7 nitrogen and oxygen atoms in total. The molecule has 0 saturated carbocycles. The normalized spacial score (nSPS) is 28.8. The van der Waals surface area contributed by atoms with Crippen LogP contribution in [0.3, 0.4) is 0 Å². The Bertz CT molecular complexity index is 832. The second-order valence-corrected chi connectivity index (χ2v) is 9.34. The molecule has 5 heterocycles. The van der Waals surface area contributed by atoms with Crippen LogP contribution in [0.15, 0.2) is 22.0 Å². The predicted molar refractivity (Wildman–Crippen MR) is 104 cm³/mol. The van der Waals surface area contributed by atoms with Gasteiger partial charge in [-0.25, -0.2) is 0 Å². The fourth-order valence-electron chi connectivity index (χ4n) is 5.10. The van der Waals surface area contributed by atoms with Gasteiger partial charge in [0, 0.05) is 56.2 Å². The van der Waals surface area contributed by atoms with Gasteiger partial charge in [-0.2, -0.15) is 4.98 Å². The Morgan fingerprint density at radius 3 is 2.89 bits per heavy atom. The zero-order chi connectivity index (χ0) is 19.1. The number of carbonyl (C=O) groups is 1. The van der Waals surface area contributed by atoms with E-state index in [0.29, 0.717) is 36.6 Å². The third-order valence-corrected chi connectivity index (χ3v) is 7.43. The van der Waals surface area contributed by atoms with Gasteiger partial charge in [-0.1, -0.05) is 11.2 Å². The van der Waals surface area contributed by atoms with E-state index in [4.69, 9.17) is 9.26 Å². The number of amides is 1. The Hall–Kier alpha value is -1.77. The van der Waals surface area contributed by atoms with E-state index in [1.54, 1.807) is 11.3 Å². The molecule has 2 aromatic rings. The molecular formula is C20H26N4O3S. The Morgan fingerprint density at radius 2 is 2.18 bits per heavy atom. The summed E-state index contributed by atoms with van der Waals surface area (Å²) in [5.41, 5.74) is -0.245. The summed E-state index contributed by atoms with van der Waals surface area (Å²) in [5, 5.41) is 6.08. The minimum atomic E-state index is -0.245. The molecule has 5 rings (SSSR count). The molecule has 3 aliphatic heterocycles. The van der Waals surface area contributed by atoms with Crippen molar-refractivity contribution in [3.63, 3.8) is 0 Å². The smallest absolute Gasteiger partial charge is 0.236 e. The van der Waals surface area contributed by atoms with Crippen LogP contribution in [-0.2, 0) is 21.4 Å². The van der Waals surface area contributed by atoms with Gasteiger partial charge in [-0.3, -0.25) is 9.69 Å². The summed E-state index contributed by atoms with van der Waals surface area (Å²) < 4.78 is 11.2. The van der Waals surface area contributed by atoms with Crippen LogP contribution >= 0.6 is 11.3 Å². The van der Waals surface area contributed by atoms with Crippen LogP contribution in [0, 0.1) is 12.8 Å². The number of hydrogen-bond donors (Lipinski definition) is 0. The van der Waals surface area contributed by atoms with Crippen molar-refractivity contribution in [3.8, 4) is 0 Å². The van der Waals surface area contributed by atoms with Gasteiger partial charge in [0.1, 0.15) is 0 Å². The molecule has 1 amide bonds. The van der Waals surface area contributed by atoms with Gasteiger partial charge in [-0.15, -0.1) is 11.3 Å². The Kier molecular flexibility index (Phi) is 4.72. The molecule has 0 N–H and O–H groups in total. The van der Waals surface area contributed by atoms with Crippen molar-refractivity contribution in [3.05, 3.63) is 34.1 Å². The van der Waals surface area contributed by atoms with Crippen molar-refractivity contribution in [2.24, 2.45) is 5.92 Å². The first kappa shape index (κ1) is 18.3. The average Bonchev–Trinajstić information content (AvgIpc) is 3.45. The highest BCUT2D eigenvalue weighted by molar-refractivity contribution is 7.10. The van der Waals surface area contributed by atoms with Gasteiger partial charge in [0.25, 0.3) is 0 Å². The van der Waals surface area contributed by atoms with Gasteiger partial charge < -0.3 is 14.2 Å². The van der Waals surface area contributed by atoms with Crippen LogP contribution in [0.5, 0.6) is 0 Å². The van der Waals surface area contributed by atoms with Crippen LogP contribution in [0.4, 0.5) is 0 Å². The molecule has 3 aliphatic rings. The number of carbonyl (C=O) groups excluding carboxylic acids is 1. The van der Waals surface area contributed by atoms with Crippen molar-refractivity contribution >= 4 is 17.2 Å². The molecule has 0 aromatic carbocycles. The zero-order valence-corrected chi connectivity index (χ0v) is 17.0. The Labute approximate surface area is 168 Å². The van der Waals surface area contributed by atoms with Crippen LogP contribution < -0.4 is 0 Å². The van der Waals surface area contributed by atoms with Gasteiger partial charge >= 0.3 is 0 Å². The van der Waals surface area contributed by atoms with E-state index in [1.165, 1.54) is 0 Å². The molecule has 0 aliphatic carbocycles. The molecule has 0 unspecified atom stereocenters. The third kappa shape index (κ3) is 3.17. The van der Waals surface area contributed by atoms with Crippen LogP contribution in [-0.4, -0.2) is 71.3 Å². The van der Waals surface area contributed by atoms with E-state index < -0.39 is 0 Å². The second kappa shape index (κ2) is 7.24. The molecule has 0 spiro atoms. The largest absolute Gasteiger partial charge is 0.381 e. The lowest BCUT2D eigenvalue weighted by Gasteiger charge is -2.33. The van der Waals surface area contributed by atoms with Crippen LogP contribution in [0.1, 0.15) is 29.4 Å². The first-order chi connectivity index (χ1) is 13.6. The summed E-state index contributed by atoms with van der Waals surface area (Å²) in [7, 11) is 0. The van der Waals surface area contributed by atoms with E-state index in [2.05, 4.69) is 15.0 Å². The van der Waals surface area contributed by atoms with E-state index in [1.807, 2.05) is 29.3 Å². The maximum atomic E-state index is 12.9. The summed E-state index contributed by atoms with van der Waals surface area (Å²) in [5.74, 6) is 1.90. The summed E-state index contributed by atoms with van der Waals surface area (Å²) in [6.45, 7) is 6.84. The molecule has 0 radical (unpaired) electrons. The number of nitrogens with zero attached hydrogens (tertiary/aromatic N) is 4. The second-order valence-electron chi connectivity index (χ2n) is 8.30. The molecule has 28 heavy (non-hydrogen) atoms. The summed E-state index contributed by atoms with van der Waals surface area (Å²) in [4.78, 5) is 23.3. The van der Waals surface area contributed by atoms with Gasteiger partial charge in [0.05, 0.1) is 11.8 Å².